The average Bonchev–Trinajstić information content (AvgIpc) is 2.66. The molecule has 6 nitrogen and oxygen atoms in total. The number of anilines is 2. The normalized spacial score (nSPS) is 12.6. The number of nitrogens with one attached hydrogen (secondary N) is 1. The van der Waals surface area contributed by atoms with Crippen LogP contribution in [0.15, 0.2) is 36.5 Å². The summed E-state index contributed by atoms with van der Waals surface area (Å²) in [5.41, 5.74) is 2.03. The summed E-state index contributed by atoms with van der Waals surface area (Å²) in [5, 5.41) is 2.84. The maximum atomic E-state index is 12.4. The van der Waals surface area contributed by atoms with Gasteiger partial charge in [-0.15, -0.1) is 0 Å². The summed E-state index contributed by atoms with van der Waals surface area (Å²) in [7, 11) is 2.03. The minimum Gasteiger partial charge on any atom is -0.486 e. The maximum absolute atomic E-state index is 12.4. The SMILES string of the molecule is CCCCN(C)c1ccc(C(=O)Nc2ccc3c(c2)OCCO3)nc1. The van der Waals surface area contributed by atoms with Crippen LogP contribution in [0.25, 0.3) is 0 Å². The molecule has 6 heteroatoms. The third kappa shape index (κ3) is 4.21. The Morgan fingerprint density at radius 1 is 1.20 bits per heavy atom. The van der Waals surface area contributed by atoms with Crippen LogP contribution < -0.4 is 19.7 Å². The Kier molecular flexibility index (Phi) is 5.38. The molecule has 132 valence electrons. The lowest BCUT2D eigenvalue weighted by atomic mass is 10.2. The van der Waals surface area contributed by atoms with Crippen molar-refractivity contribution in [3.8, 4) is 11.5 Å². The van der Waals surface area contributed by atoms with Gasteiger partial charge >= 0.3 is 0 Å². The largest absolute Gasteiger partial charge is 0.486 e. The van der Waals surface area contributed by atoms with Crippen LogP contribution in [0.1, 0.15) is 30.3 Å². The predicted octanol–water partition coefficient (Wildman–Crippen LogP) is 3.34. The quantitative estimate of drug-likeness (QED) is 0.873. The third-order valence-electron chi connectivity index (χ3n) is 4.07. The van der Waals surface area contributed by atoms with Gasteiger partial charge in [-0.25, -0.2) is 4.98 Å². The molecule has 1 aliphatic rings. The number of hydrogen-bond acceptors (Lipinski definition) is 5. The van der Waals surface area contributed by atoms with E-state index in [1.54, 1.807) is 30.5 Å². The Morgan fingerprint density at radius 2 is 2.00 bits per heavy atom. The van der Waals surface area contributed by atoms with E-state index in [1.807, 2.05) is 13.1 Å². The van der Waals surface area contributed by atoms with Crippen molar-refractivity contribution in [2.75, 3.05) is 37.0 Å². The van der Waals surface area contributed by atoms with Crippen LogP contribution in [0.2, 0.25) is 0 Å². The first-order valence-electron chi connectivity index (χ1n) is 8.55. The number of fused-ring (bicyclic) bond motifs is 1. The number of ether oxygens (including phenoxy) is 2. The van der Waals surface area contributed by atoms with E-state index in [9.17, 15) is 4.79 Å². The molecule has 0 bridgehead atoms. The molecular formula is C19H23N3O3. The number of amides is 1. The van der Waals surface area contributed by atoms with Gasteiger partial charge in [-0.2, -0.15) is 0 Å². The number of aromatic nitrogens is 1. The highest BCUT2D eigenvalue weighted by Gasteiger charge is 2.14. The second-order valence-electron chi connectivity index (χ2n) is 5.99. The van der Waals surface area contributed by atoms with Gasteiger partial charge in [0.2, 0.25) is 0 Å². The first-order valence-corrected chi connectivity index (χ1v) is 8.55. The topological polar surface area (TPSA) is 63.7 Å². The van der Waals surface area contributed by atoms with Crippen molar-refractivity contribution in [3.63, 3.8) is 0 Å². The van der Waals surface area contributed by atoms with E-state index in [0.29, 0.717) is 36.1 Å². The fourth-order valence-corrected chi connectivity index (χ4v) is 2.59. The Bertz CT molecular complexity index is 731. The lowest BCUT2D eigenvalue weighted by Gasteiger charge is -2.19. The van der Waals surface area contributed by atoms with Gasteiger partial charge in [-0.3, -0.25) is 4.79 Å². The highest BCUT2D eigenvalue weighted by atomic mass is 16.6. The van der Waals surface area contributed by atoms with Crippen LogP contribution >= 0.6 is 0 Å². The van der Waals surface area contributed by atoms with Crippen LogP contribution in [0, 0.1) is 0 Å². The zero-order chi connectivity index (χ0) is 17.6. The molecule has 0 spiro atoms. The van der Waals surface area contributed by atoms with Crippen molar-refractivity contribution in [1.82, 2.24) is 4.98 Å². The van der Waals surface area contributed by atoms with E-state index in [-0.39, 0.29) is 5.91 Å². The van der Waals surface area contributed by atoms with Crippen LogP contribution in [0.3, 0.4) is 0 Å². The summed E-state index contributed by atoms with van der Waals surface area (Å²) in [5.74, 6) is 1.09. The van der Waals surface area contributed by atoms with Crippen molar-refractivity contribution < 1.29 is 14.3 Å². The van der Waals surface area contributed by atoms with Crippen LogP contribution in [-0.2, 0) is 0 Å². The summed E-state index contributed by atoms with van der Waals surface area (Å²) in [6.07, 6.45) is 4.00. The summed E-state index contributed by atoms with van der Waals surface area (Å²) >= 11 is 0. The molecule has 0 radical (unpaired) electrons. The molecule has 1 amide bonds. The fraction of sp³-hybridized carbons (Fsp3) is 0.368. The zero-order valence-electron chi connectivity index (χ0n) is 14.6. The standard InChI is InChI=1S/C19H23N3O3/c1-3-4-9-22(2)15-6-7-16(20-13-15)19(23)21-14-5-8-17-18(12-14)25-11-10-24-17/h5-8,12-13H,3-4,9-11H2,1-2H3,(H,21,23). The average molecular weight is 341 g/mol. The van der Waals surface area contributed by atoms with E-state index in [2.05, 4.69) is 22.1 Å². The fourth-order valence-electron chi connectivity index (χ4n) is 2.59. The Balaban J connectivity index is 1.65. The van der Waals surface area contributed by atoms with Gasteiger partial charge in [0.25, 0.3) is 5.91 Å². The second-order valence-corrected chi connectivity index (χ2v) is 5.99. The van der Waals surface area contributed by atoms with Crippen LogP contribution in [0.4, 0.5) is 11.4 Å². The Labute approximate surface area is 147 Å². The lowest BCUT2D eigenvalue weighted by Crippen LogP contribution is -2.19. The molecule has 2 heterocycles. The van der Waals surface area contributed by atoms with Crippen molar-refractivity contribution in [2.45, 2.75) is 19.8 Å². The smallest absolute Gasteiger partial charge is 0.274 e. The van der Waals surface area contributed by atoms with Crippen LogP contribution in [-0.4, -0.2) is 37.7 Å². The van der Waals surface area contributed by atoms with Gasteiger partial charge in [-0.1, -0.05) is 13.3 Å². The molecule has 1 aromatic heterocycles. The summed E-state index contributed by atoms with van der Waals surface area (Å²) in [6.45, 7) is 4.19. The molecule has 0 fully saturated rings. The van der Waals surface area contributed by atoms with Crippen molar-refractivity contribution in [3.05, 3.63) is 42.2 Å². The molecule has 1 aromatic carbocycles. The monoisotopic (exact) mass is 341 g/mol. The van der Waals surface area contributed by atoms with E-state index in [4.69, 9.17) is 9.47 Å². The Hall–Kier alpha value is -2.76. The molecule has 0 unspecified atom stereocenters. The lowest BCUT2D eigenvalue weighted by molar-refractivity contribution is 0.102. The van der Waals surface area contributed by atoms with Crippen molar-refractivity contribution in [1.29, 1.82) is 0 Å². The van der Waals surface area contributed by atoms with Gasteiger partial charge in [0.05, 0.1) is 11.9 Å². The zero-order valence-corrected chi connectivity index (χ0v) is 14.6. The number of nitrogens with zero attached hydrogens (tertiary/aromatic N) is 2. The van der Waals surface area contributed by atoms with Gasteiger partial charge in [0.1, 0.15) is 18.9 Å². The third-order valence-corrected chi connectivity index (χ3v) is 4.07. The minimum atomic E-state index is -0.251. The van der Waals surface area contributed by atoms with Crippen molar-refractivity contribution in [2.24, 2.45) is 0 Å². The molecule has 0 saturated carbocycles. The number of pyridine rings is 1. The van der Waals surface area contributed by atoms with Gasteiger partial charge < -0.3 is 19.7 Å². The molecule has 25 heavy (non-hydrogen) atoms. The van der Waals surface area contributed by atoms with Crippen molar-refractivity contribution >= 4 is 17.3 Å². The molecule has 1 aliphatic heterocycles. The van der Waals surface area contributed by atoms with E-state index >= 15 is 0 Å². The predicted molar refractivity (Wildman–Crippen MR) is 97.8 cm³/mol. The van der Waals surface area contributed by atoms with Gasteiger partial charge in [0, 0.05) is 25.3 Å². The summed E-state index contributed by atoms with van der Waals surface area (Å²) in [6, 6.07) is 9.01. The first-order chi connectivity index (χ1) is 12.2. The Morgan fingerprint density at radius 3 is 2.72 bits per heavy atom. The minimum absolute atomic E-state index is 0.251. The van der Waals surface area contributed by atoms with Crippen LogP contribution in [0.5, 0.6) is 11.5 Å². The number of carbonyl (C=O) groups excluding carboxylic acids is 1. The van der Waals surface area contributed by atoms with E-state index in [1.165, 1.54) is 0 Å². The number of rotatable bonds is 6. The number of hydrogen-bond donors (Lipinski definition) is 1. The molecule has 0 aliphatic carbocycles. The highest BCUT2D eigenvalue weighted by Crippen LogP contribution is 2.32. The van der Waals surface area contributed by atoms with Gasteiger partial charge in [0.15, 0.2) is 11.5 Å². The van der Waals surface area contributed by atoms with E-state index in [0.717, 1.165) is 25.1 Å². The van der Waals surface area contributed by atoms with E-state index < -0.39 is 0 Å². The molecule has 2 aromatic rings. The second kappa shape index (κ2) is 7.88. The summed E-state index contributed by atoms with van der Waals surface area (Å²) in [4.78, 5) is 18.8. The molecule has 3 rings (SSSR count). The highest BCUT2D eigenvalue weighted by molar-refractivity contribution is 6.03. The summed E-state index contributed by atoms with van der Waals surface area (Å²) < 4.78 is 11.0. The van der Waals surface area contributed by atoms with Gasteiger partial charge in [-0.05, 0) is 30.7 Å². The molecule has 0 atom stereocenters. The molecule has 1 N–H and O–H groups in total. The number of benzene rings is 1. The first kappa shape index (κ1) is 17.1. The maximum Gasteiger partial charge on any atom is 0.274 e. The molecular weight excluding hydrogens is 318 g/mol. The number of carbonyl (C=O) groups is 1. The molecule has 0 saturated heterocycles. The number of unbranched alkanes of at least 4 members (excludes halogenated alkanes) is 1.